The fourth-order valence-corrected chi connectivity index (χ4v) is 14.4. The Labute approximate surface area is 689 Å². The van der Waals surface area contributed by atoms with E-state index in [-0.39, 0.29) is 131 Å². The van der Waals surface area contributed by atoms with Crippen LogP contribution in [0.15, 0.2) is 259 Å². The zero-order valence-corrected chi connectivity index (χ0v) is 72.8. The predicted octanol–water partition coefficient (Wildman–Crippen LogP) is 23.4. The minimum Gasteiger partial charge on any atom is -0.512 e. The van der Waals surface area contributed by atoms with E-state index in [0.717, 1.165) is 56.1 Å². The number of aliphatic hydroxyl groups excluding tert-OH is 3. The molecular formula is C91H82Ir4N4O6S2-4. The molecule has 14 aromatic rings. The van der Waals surface area contributed by atoms with Gasteiger partial charge in [0.25, 0.3) is 0 Å². The van der Waals surface area contributed by atoms with Crippen molar-refractivity contribution in [2.24, 2.45) is 0 Å². The molecule has 3 N–H and O–H groups in total. The fourth-order valence-electron chi connectivity index (χ4n) is 12.7. The van der Waals surface area contributed by atoms with Gasteiger partial charge in [0.2, 0.25) is 0 Å². The molecule has 0 amide bonds. The van der Waals surface area contributed by atoms with Crippen LogP contribution in [0, 0.1) is 24.3 Å². The van der Waals surface area contributed by atoms with Gasteiger partial charge in [-0.15, -0.1) is 159 Å². The number of carbonyl (C=O) groups is 3. The summed E-state index contributed by atoms with van der Waals surface area (Å²) in [6, 6.07) is 83.0. The van der Waals surface area contributed by atoms with Gasteiger partial charge in [0.05, 0.1) is 28.3 Å². The molecule has 0 bridgehead atoms. The first kappa shape index (κ1) is 87.2. The largest absolute Gasteiger partial charge is 0.512 e. The van der Waals surface area contributed by atoms with Crippen molar-refractivity contribution in [3.05, 3.63) is 311 Å². The van der Waals surface area contributed by atoms with Crippen molar-refractivity contribution in [3.63, 3.8) is 0 Å². The van der Waals surface area contributed by atoms with E-state index in [1.807, 2.05) is 67.0 Å². The van der Waals surface area contributed by atoms with Crippen LogP contribution in [0.4, 0.5) is 0 Å². The molecule has 6 aromatic heterocycles. The van der Waals surface area contributed by atoms with E-state index in [0.29, 0.717) is 0 Å². The molecule has 0 atom stereocenters. The molecule has 4 radical (unpaired) electrons. The summed E-state index contributed by atoms with van der Waals surface area (Å²) in [5, 5.41) is 36.7. The number of thiophene rings is 2. The molecule has 10 nitrogen and oxygen atoms in total. The number of pyridine rings is 4. The second-order valence-electron chi connectivity index (χ2n) is 27.2. The Balaban J connectivity index is 0.000000204. The van der Waals surface area contributed by atoms with Gasteiger partial charge in [-0.2, -0.15) is 0 Å². The molecule has 0 unspecified atom stereocenters. The molecule has 2 aliphatic rings. The smallest absolute Gasteiger partial charge is 0.155 e. The summed E-state index contributed by atoms with van der Waals surface area (Å²) >= 11 is 3.52. The normalized spacial score (nSPS) is 12.4. The third-order valence-electron chi connectivity index (χ3n) is 17.4. The summed E-state index contributed by atoms with van der Waals surface area (Å²) in [4.78, 5) is 48.8. The zero-order valence-electron chi connectivity index (χ0n) is 61.6. The number of aromatic nitrogens is 4. The number of hydrogen-bond acceptors (Lipinski definition) is 12. The number of ketones is 3. The molecule has 554 valence electrons. The van der Waals surface area contributed by atoms with E-state index in [9.17, 15) is 14.4 Å². The molecule has 8 aromatic carbocycles. The quantitative estimate of drug-likeness (QED) is 0.0829. The van der Waals surface area contributed by atoms with Crippen molar-refractivity contribution >= 4 is 92.8 Å². The summed E-state index contributed by atoms with van der Waals surface area (Å²) in [5.41, 5.74) is 20.0. The standard InChI is InChI=1S/C24H18N.C21H18NS.C18H14N.C13H8NS.3C5H8O2.4Ir/c1-24(2)20-9-5-4-8-18(20)19-13-11-17(15-21(19)24)23-14-12-16-7-3-6-10-22(16)25-23;1-21(2,3)15-10-8-14(9-11-15)19-17-12-13-23-20(17)16-6-4-5-7-18(16)22-19;1-18(2)14-8-4-3-7-13(14)17-16-12(10-11-19-17)6-5-9-15(16)18;1-2-4-10(5-3-1)13-11-7-9-15-12(11)6-8-14-13;3*1-4(6)3-5(2)7;;;;/h3-10,12-15H,1-2H3;4-8,10-13H,1-3H3;3-6,8-11H,1-2H3;1-4,6-9H;3*3,6H,1-2H3;;;;/q4*-1;;;;;;;. The van der Waals surface area contributed by atoms with Crippen molar-refractivity contribution < 1.29 is 110 Å². The Kier molecular flexibility index (Phi) is 31.7. The number of aliphatic hydroxyl groups is 3. The maximum Gasteiger partial charge on any atom is 0.155 e. The van der Waals surface area contributed by atoms with Gasteiger partial charge in [0.1, 0.15) is 0 Å². The average Bonchev–Trinajstić information content (AvgIpc) is 1.69. The molecule has 0 fully saturated rings. The van der Waals surface area contributed by atoms with E-state index in [2.05, 4.69) is 239 Å². The monoisotopic (exact) mass is 2160 g/mol. The van der Waals surface area contributed by atoms with Crippen LogP contribution in [0.2, 0.25) is 0 Å². The second-order valence-corrected chi connectivity index (χ2v) is 29.1. The molecule has 16 rings (SSSR count). The van der Waals surface area contributed by atoms with Crippen LogP contribution in [-0.2, 0) is 111 Å². The maximum absolute atomic E-state index is 10.0. The second kappa shape index (κ2) is 38.9. The van der Waals surface area contributed by atoms with Crippen LogP contribution >= 0.6 is 22.7 Å². The summed E-state index contributed by atoms with van der Waals surface area (Å²) in [6.07, 6.45) is 7.25. The van der Waals surface area contributed by atoms with E-state index in [1.165, 1.54) is 140 Å². The third-order valence-corrected chi connectivity index (χ3v) is 19.3. The number of nitrogens with zero attached hydrogens (tertiary/aromatic N) is 4. The molecule has 0 saturated heterocycles. The summed E-state index contributed by atoms with van der Waals surface area (Å²) in [5.74, 6) is -0.187. The Bertz CT molecular complexity index is 5440. The van der Waals surface area contributed by atoms with Gasteiger partial charge in [-0.25, -0.2) is 0 Å². The van der Waals surface area contributed by atoms with Gasteiger partial charge >= 0.3 is 0 Å². The van der Waals surface area contributed by atoms with Crippen LogP contribution in [0.1, 0.15) is 118 Å². The topological polar surface area (TPSA) is 163 Å². The van der Waals surface area contributed by atoms with E-state index in [4.69, 9.17) is 25.3 Å². The van der Waals surface area contributed by atoms with Crippen LogP contribution in [0.25, 0.3) is 109 Å². The molecule has 107 heavy (non-hydrogen) atoms. The summed E-state index contributed by atoms with van der Waals surface area (Å²) < 4.78 is 2.58. The molecule has 6 heterocycles. The van der Waals surface area contributed by atoms with Crippen molar-refractivity contribution in [2.75, 3.05) is 0 Å². The first-order valence-corrected chi connectivity index (χ1v) is 35.6. The van der Waals surface area contributed by atoms with Crippen LogP contribution in [0.5, 0.6) is 0 Å². The van der Waals surface area contributed by atoms with Gasteiger partial charge in [-0.3, -0.25) is 24.4 Å². The summed E-state index contributed by atoms with van der Waals surface area (Å²) in [6.45, 7) is 24.4. The number of benzene rings is 8. The fraction of sp³-hybridized carbons (Fsp3) is 0.176. The minimum atomic E-state index is -0.125. The Hall–Kier alpha value is -8.71. The SMILES string of the molecule is CC(=O)C=C(C)O.CC(=O)C=C(C)O.CC(=O)C=C(C)O.CC(C)(C)c1c[c-]c(-c2nc3ccccc3c3sccc23)cc1.CC1(C)c2ccc[c-]c2-c2nccc3cccc1c23.CC1(C)c2ccccc2-c2c[c-]c(-c3ccc4ccccc4n3)cc21.[Ir].[Ir].[Ir].[Ir].[c-]1ccccc1-c1nccc2sccc12. The van der Waals surface area contributed by atoms with Crippen molar-refractivity contribution in [2.45, 2.75) is 106 Å². The number of fused-ring (bicyclic) bond motifs is 10. The number of hydrogen-bond donors (Lipinski definition) is 3. The first-order chi connectivity index (χ1) is 49.2. The maximum atomic E-state index is 10.0. The van der Waals surface area contributed by atoms with Gasteiger partial charge < -0.3 is 25.3 Å². The van der Waals surface area contributed by atoms with Gasteiger partial charge in [0.15, 0.2) is 17.3 Å². The van der Waals surface area contributed by atoms with E-state index in [1.54, 1.807) is 22.7 Å². The van der Waals surface area contributed by atoms with Gasteiger partial charge in [0, 0.05) is 126 Å². The number of allylic oxidation sites excluding steroid dienone is 6. The third kappa shape index (κ3) is 21.4. The molecule has 0 spiro atoms. The predicted molar refractivity (Wildman–Crippen MR) is 427 cm³/mol. The van der Waals surface area contributed by atoms with E-state index >= 15 is 0 Å². The van der Waals surface area contributed by atoms with Crippen molar-refractivity contribution in [3.8, 4) is 56.2 Å². The first-order valence-electron chi connectivity index (χ1n) is 33.8. The molecule has 16 heteroatoms. The molecule has 2 aliphatic carbocycles. The van der Waals surface area contributed by atoms with Crippen molar-refractivity contribution in [1.29, 1.82) is 0 Å². The number of rotatable bonds is 6. The number of para-hydroxylation sites is 2. The summed E-state index contributed by atoms with van der Waals surface area (Å²) in [7, 11) is 0. The number of carbonyl (C=O) groups excluding carboxylic acids is 3. The minimum absolute atomic E-state index is 0. The Morgan fingerprint density at radius 1 is 0.439 bits per heavy atom. The van der Waals surface area contributed by atoms with Crippen LogP contribution in [-0.4, -0.2) is 52.6 Å². The van der Waals surface area contributed by atoms with Crippen molar-refractivity contribution in [1.82, 2.24) is 19.9 Å². The van der Waals surface area contributed by atoms with Gasteiger partial charge in [-0.05, 0) is 154 Å². The van der Waals surface area contributed by atoms with Crippen LogP contribution < -0.4 is 0 Å². The Morgan fingerprint density at radius 2 is 1.00 bits per heavy atom. The van der Waals surface area contributed by atoms with Crippen LogP contribution in [0.3, 0.4) is 0 Å². The molecule has 0 saturated carbocycles. The van der Waals surface area contributed by atoms with Gasteiger partial charge in [-0.1, -0.05) is 163 Å². The molecular weight excluding hydrogens is 2080 g/mol. The van der Waals surface area contributed by atoms with E-state index < -0.39 is 0 Å². The average molecular weight is 2160 g/mol. The Morgan fingerprint density at radius 3 is 1.64 bits per heavy atom. The zero-order chi connectivity index (χ0) is 73.8. The molecule has 0 aliphatic heterocycles.